The summed E-state index contributed by atoms with van der Waals surface area (Å²) in [6, 6.07) is 3.32. The number of carbonyl (C=O) groups is 1. The average Bonchev–Trinajstić information content (AvgIpc) is 2.77. The predicted molar refractivity (Wildman–Crippen MR) is 91.0 cm³/mol. The molecule has 4 aliphatic rings. The molecule has 2 saturated carbocycles. The first kappa shape index (κ1) is 15.5. The number of carboxylic acid groups (broad SMARTS) is 1. The zero-order chi connectivity index (χ0) is 17.5. The van der Waals surface area contributed by atoms with Crippen LogP contribution in [0.4, 0.5) is 4.39 Å². The number of hydrogen-bond donors (Lipinski definition) is 2. The van der Waals surface area contributed by atoms with Crippen molar-refractivity contribution in [2.45, 2.75) is 49.7 Å². The smallest absolute Gasteiger partial charge is 0.356 e. The molecule has 2 bridgehead atoms. The van der Waals surface area contributed by atoms with Crippen LogP contribution in [-0.4, -0.2) is 25.7 Å². The fourth-order valence-electron chi connectivity index (χ4n) is 4.47. The van der Waals surface area contributed by atoms with E-state index in [1.54, 1.807) is 6.07 Å². The fraction of sp³-hybridized carbons (Fsp3) is 0.444. The number of aliphatic hydroxyl groups is 1. The molecular weight excluding hydrogens is 391 g/mol. The van der Waals surface area contributed by atoms with Gasteiger partial charge < -0.3 is 14.8 Å². The second kappa shape index (κ2) is 4.92. The molecule has 3 heterocycles. The summed E-state index contributed by atoms with van der Waals surface area (Å²) in [5, 5.41) is 20.6. The number of imidazole rings is 1. The number of halogens is 2. The molecule has 25 heavy (non-hydrogen) atoms. The van der Waals surface area contributed by atoms with Gasteiger partial charge in [-0.05, 0) is 71.6 Å². The Balaban J connectivity index is 1.83. The minimum Gasteiger partial charge on any atom is -0.476 e. The lowest BCUT2D eigenvalue weighted by atomic mass is 9.74. The molecule has 130 valence electrons. The molecule has 7 heteroatoms. The Morgan fingerprint density at radius 3 is 2.68 bits per heavy atom. The van der Waals surface area contributed by atoms with Crippen molar-refractivity contribution < 1.29 is 19.4 Å². The predicted octanol–water partition coefficient (Wildman–Crippen LogP) is 3.95. The van der Waals surface area contributed by atoms with E-state index < -0.39 is 11.6 Å². The Hall–Kier alpha value is -1.73. The Morgan fingerprint density at radius 2 is 2.08 bits per heavy atom. The third kappa shape index (κ3) is 1.96. The van der Waals surface area contributed by atoms with Crippen LogP contribution >= 0.6 is 15.9 Å². The number of aromatic nitrogens is 2. The Bertz CT molecular complexity index is 929. The van der Waals surface area contributed by atoms with Crippen molar-refractivity contribution in [1.82, 2.24) is 9.55 Å². The lowest BCUT2D eigenvalue weighted by Crippen LogP contribution is -2.39. The van der Waals surface area contributed by atoms with Gasteiger partial charge >= 0.3 is 5.97 Å². The molecule has 1 aromatic heterocycles. The summed E-state index contributed by atoms with van der Waals surface area (Å²) in [5.74, 6) is -0.664. The zero-order valence-electron chi connectivity index (χ0n) is 13.3. The first-order valence-electron chi connectivity index (χ1n) is 8.47. The van der Waals surface area contributed by atoms with Gasteiger partial charge in [-0.1, -0.05) is 0 Å². The number of hydrogen-bond acceptors (Lipinski definition) is 3. The van der Waals surface area contributed by atoms with E-state index in [0.717, 1.165) is 30.4 Å². The average molecular weight is 407 g/mol. The first-order chi connectivity index (χ1) is 11.9. The second-order valence-electron chi connectivity index (χ2n) is 7.37. The lowest BCUT2D eigenvalue weighted by Gasteiger charge is -2.41. The molecule has 6 rings (SSSR count). The van der Waals surface area contributed by atoms with Crippen molar-refractivity contribution in [2.24, 2.45) is 0 Å². The molecule has 0 saturated heterocycles. The molecule has 2 fully saturated rings. The molecule has 0 unspecified atom stereocenters. The summed E-state index contributed by atoms with van der Waals surface area (Å²) in [6.07, 6.45) is 3.61. The zero-order valence-corrected chi connectivity index (χ0v) is 14.9. The minimum atomic E-state index is -1.13. The molecule has 2 aliphatic carbocycles. The van der Waals surface area contributed by atoms with Crippen LogP contribution in [0.2, 0.25) is 0 Å². The summed E-state index contributed by atoms with van der Waals surface area (Å²) < 4.78 is 16.3. The number of benzene rings is 1. The van der Waals surface area contributed by atoms with E-state index in [0.29, 0.717) is 28.8 Å². The summed E-state index contributed by atoms with van der Waals surface area (Å²) in [5.41, 5.74) is 0.873. The van der Waals surface area contributed by atoms with Crippen LogP contribution in [-0.2, 0) is 5.60 Å². The number of rotatable bonds is 2. The van der Waals surface area contributed by atoms with Crippen molar-refractivity contribution >= 4 is 21.9 Å². The van der Waals surface area contributed by atoms with E-state index >= 15 is 0 Å². The quantitative estimate of drug-likeness (QED) is 0.791. The van der Waals surface area contributed by atoms with Gasteiger partial charge in [0.05, 0.1) is 10.2 Å². The standard InChI is InChI=1S/C18H16BrFN2O3/c19-12-6-11-10(7-13(12)20)8-4-9(5-8)22-15(18(25)2-1-3-18)14(17(23)24)21-16(11)22/h6-9,25H,1-5H2,(H,23,24). The highest BCUT2D eigenvalue weighted by Crippen LogP contribution is 2.55. The number of aromatic carboxylic acids is 1. The normalized spacial score (nSPS) is 25.2. The van der Waals surface area contributed by atoms with Crippen LogP contribution in [0.3, 0.4) is 0 Å². The molecule has 0 radical (unpaired) electrons. The van der Waals surface area contributed by atoms with Crippen LogP contribution in [0.25, 0.3) is 11.4 Å². The molecule has 0 amide bonds. The third-order valence-electron chi connectivity index (χ3n) is 5.99. The Labute approximate surface area is 151 Å². The molecule has 5 nitrogen and oxygen atoms in total. The van der Waals surface area contributed by atoms with Gasteiger partial charge in [-0.15, -0.1) is 0 Å². The highest BCUT2D eigenvalue weighted by atomic mass is 79.9. The summed E-state index contributed by atoms with van der Waals surface area (Å²) in [4.78, 5) is 16.2. The first-order valence-corrected chi connectivity index (χ1v) is 9.26. The second-order valence-corrected chi connectivity index (χ2v) is 8.22. The van der Waals surface area contributed by atoms with Crippen molar-refractivity contribution in [3.63, 3.8) is 0 Å². The third-order valence-corrected chi connectivity index (χ3v) is 6.59. The van der Waals surface area contributed by atoms with Crippen LogP contribution in [0.15, 0.2) is 16.6 Å². The van der Waals surface area contributed by atoms with Gasteiger partial charge in [0.25, 0.3) is 0 Å². The van der Waals surface area contributed by atoms with E-state index in [1.807, 2.05) is 4.57 Å². The molecule has 2 aliphatic heterocycles. The van der Waals surface area contributed by atoms with Crippen molar-refractivity contribution in [1.29, 1.82) is 0 Å². The van der Waals surface area contributed by atoms with E-state index in [9.17, 15) is 19.4 Å². The SMILES string of the molecule is O=C(O)c1nc2n(c1C1(O)CCC1)C1CC(C1)c1cc(F)c(Br)cc1-2. The number of carboxylic acids is 1. The van der Waals surface area contributed by atoms with Gasteiger partial charge in [0.1, 0.15) is 17.2 Å². The maximum Gasteiger partial charge on any atom is 0.356 e. The van der Waals surface area contributed by atoms with Crippen LogP contribution in [0, 0.1) is 5.82 Å². The summed E-state index contributed by atoms with van der Waals surface area (Å²) in [7, 11) is 0. The lowest BCUT2D eigenvalue weighted by molar-refractivity contribution is -0.0485. The van der Waals surface area contributed by atoms with Crippen molar-refractivity contribution in [3.05, 3.63) is 39.4 Å². The molecule has 0 spiro atoms. The summed E-state index contributed by atoms with van der Waals surface area (Å²) in [6.45, 7) is 0. The number of nitrogens with zero attached hydrogens (tertiary/aromatic N) is 2. The van der Waals surface area contributed by atoms with Gasteiger partial charge in [0, 0.05) is 11.6 Å². The summed E-state index contributed by atoms with van der Waals surface area (Å²) >= 11 is 3.23. The van der Waals surface area contributed by atoms with Crippen molar-refractivity contribution in [2.75, 3.05) is 0 Å². The van der Waals surface area contributed by atoms with Crippen LogP contribution in [0.1, 0.15) is 65.8 Å². The maximum atomic E-state index is 14.1. The van der Waals surface area contributed by atoms with E-state index in [2.05, 4.69) is 20.9 Å². The van der Waals surface area contributed by atoms with E-state index in [1.165, 1.54) is 6.07 Å². The van der Waals surface area contributed by atoms with Gasteiger partial charge in [-0.2, -0.15) is 0 Å². The Morgan fingerprint density at radius 1 is 1.36 bits per heavy atom. The Kier molecular flexibility index (Phi) is 3.05. The largest absolute Gasteiger partial charge is 0.476 e. The molecular formula is C18H16BrFN2O3. The molecule has 2 aromatic rings. The highest BCUT2D eigenvalue weighted by Gasteiger charge is 2.48. The topological polar surface area (TPSA) is 75.3 Å². The van der Waals surface area contributed by atoms with Gasteiger partial charge in [-0.3, -0.25) is 0 Å². The van der Waals surface area contributed by atoms with Crippen LogP contribution < -0.4 is 0 Å². The molecule has 2 N–H and O–H groups in total. The van der Waals surface area contributed by atoms with Gasteiger partial charge in [0.15, 0.2) is 5.69 Å². The van der Waals surface area contributed by atoms with E-state index in [-0.39, 0.29) is 23.5 Å². The van der Waals surface area contributed by atoms with Gasteiger partial charge in [0.2, 0.25) is 0 Å². The molecule has 1 aromatic carbocycles. The van der Waals surface area contributed by atoms with Gasteiger partial charge in [-0.25, -0.2) is 14.2 Å². The minimum absolute atomic E-state index is 0.0750. The highest BCUT2D eigenvalue weighted by molar-refractivity contribution is 9.10. The monoisotopic (exact) mass is 406 g/mol. The van der Waals surface area contributed by atoms with E-state index in [4.69, 9.17) is 0 Å². The molecule has 0 atom stereocenters. The van der Waals surface area contributed by atoms with Crippen molar-refractivity contribution in [3.8, 4) is 11.4 Å². The maximum absolute atomic E-state index is 14.1. The van der Waals surface area contributed by atoms with Crippen LogP contribution in [0.5, 0.6) is 0 Å². The fourth-order valence-corrected chi connectivity index (χ4v) is 4.81.